The number of hydrogen-bond acceptors (Lipinski definition) is 3. The van der Waals surface area contributed by atoms with E-state index in [1.807, 2.05) is 6.92 Å². The van der Waals surface area contributed by atoms with Crippen LogP contribution in [0.2, 0.25) is 0 Å². The van der Waals surface area contributed by atoms with Crippen molar-refractivity contribution in [2.24, 2.45) is 5.73 Å². The lowest BCUT2D eigenvalue weighted by atomic mass is 9.94. The first-order chi connectivity index (χ1) is 9.70. The normalized spacial score (nSPS) is 31.2. The number of ether oxygens (including phenoxy) is 1. The number of nitrogens with zero attached hydrogens (tertiary/aromatic N) is 1. The Kier molecular flexibility index (Phi) is 3.99. The van der Waals surface area contributed by atoms with Crippen molar-refractivity contribution < 1.29 is 4.74 Å². The van der Waals surface area contributed by atoms with Crippen LogP contribution < -0.4 is 10.5 Å². The fourth-order valence-electron chi connectivity index (χ4n) is 4.16. The zero-order chi connectivity index (χ0) is 14.1. The summed E-state index contributed by atoms with van der Waals surface area (Å²) in [5.41, 5.74) is 7.50. The van der Waals surface area contributed by atoms with E-state index in [-0.39, 0.29) is 0 Å². The zero-order valence-corrected chi connectivity index (χ0v) is 12.6. The average molecular weight is 274 g/mol. The first-order valence-corrected chi connectivity index (χ1v) is 7.95. The highest BCUT2D eigenvalue weighted by molar-refractivity contribution is 5.36. The van der Waals surface area contributed by atoms with Crippen molar-refractivity contribution in [2.45, 2.75) is 63.7 Å². The molecule has 2 aliphatic heterocycles. The number of hydrogen-bond donors (Lipinski definition) is 1. The molecule has 1 aromatic carbocycles. The number of benzene rings is 1. The molecule has 2 fully saturated rings. The fourth-order valence-corrected chi connectivity index (χ4v) is 4.16. The summed E-state index contributed by atoms with van der Waals surface area (Å²) in [7, 11) is 0. The Hall–Kier alpha value is -1.06. The Bertz CT molecular complexity index is 448. The van der Waals surface area contributed by atoms with Gasteiger partial charge in [-0.3, -0.25) is 4.90 Å². The van der Waals surface area contributed by atoms with Crippen molar-refractivity contribution in [3.63, 3.8) is 0 Å². The van der Waals surface area contributed by atoms with Crippen molar-refractivity contribution in [1.29, 1.82) is 0 Å². The second-order valence-electron chi connectivity index (χ2n) is 6.21. The molecule has 3 nitrogen and oxygen atoms in total. The van der Waals surface area contributed by atoms with E-state index in [4.69, 9.17) is 10.5 Å². The maximum absolute atomic E-state index is 6.18. The highest BCUT2D eigenvalue weighted by atomic mass is 16.5. The van der Waals surface area contributed by atoms with Gasteiger partial charge in [0.1, 0.15) is 5.75 Å². The van der Waals surface area contributed by atoms with Crippen LogP contribution in [0.1, 0.15) is 51.1 Å². The molecule has 3 rings (SSSR count). The summed E-state index contributed by atoms with van der Waals surface area (Å²) in [6, 6.07) is 10.6. The molecule has 3 heteroatoms. The van der Waals surface area contributed by atoms with Crippen molar-refractivity contribution in [3.05, 3.63) is 29.8 Å². The Morgan fingerprint density at radius 2 is 1.90 bits per heavy atom. The van der Waals surface area contributed by atoms with Crippen LogP contribution in [-0.2, 0) is 0 Å². The Labute approximate surface area is 122 Å². The SMILES string of the molecule is CCOc1ccccc1C(C)N1C2CCC1CC(N)C2. The first-order valence-electron chi connectivity index (χ1n) is 7.95. The van der Waals surface area contributed by atoms with E-state index in [2.05, 4.69) is 36.1 Å². The lowest BCUT2D eigenvalue weighted by Gasteiger charge is -2.42. The molecular weight excluding hydrogens is 248 g/mol. The number of fused-ring (bicyclic) bond motifs is 2. The lowest BCUT2D eigenvalue weighted by molar-refractivity contribution is 0.0838. The minimum Gasteiger partial charge on any atom is -0.494 e. The number of nitrogens with two attached hydrogens (primary N) is 1. The molecule has 2 saturated heterocycles. The second-order valence-corrected chi connectivity index (χ2v) is 6.21. The van der Waals surface area contributed by atoms with Gasteiger partial charge in [-0.2, -0.15) is 0 Å². The van der Waals surface area contributed by atoms with Crippen LogP contribution in [0, 0.1) is 0 Å². The molecule has 2 N–H and O–H groups in total. The molecular formula is C17H26N2O. The summed E-state index contributed by atoms with van der Waals surface area (Å²) in [5.74, 6) is 1.04. The van der Waals surface area contributed by atoms with Crippen LogP contribution in [-0.4, -0.2) is 29.6 Å². The molecule has 2 aliphatic rings. The third-order valence-corrected chi connectivity index (χ3v) is 4.94. The molecule has 110 valence electrons. The van der Waals surface area contributed by atoms with E-state index < -0.39 is 0 Å². The van der Waals surface area contributed by atoms with Gasteiger partial charge in [0.2, 0.25) is 0 Å². The lowest BCUT2D eigenvalue weighted by Crippen LogP contribution is -2.48. The molecule has 1 aromatic rings. The predicted molar refractivity (Wildman–Crippen MR) is 81.9 cm³/mol. The molecule has 0 aromatic heterocycles. The molecule has 2 heterocycles. The molecule has 0 amide bonds. The Balaban J connectivity index is 1.84. The smallest absolute Gasteiger partial charge is 0.124 e. The number of piperidine rings is 1. The molecule has 2 bridgehead atoms. The van der Waals surface area contributed by atoms with E-state index in [0.29, 0.717) is 24.2 Å². The maximum Gasteiger partial charge on any atom is 0.124 e. The third-order valence-electron chi connectivity index (χ3n) is 4.94. The molecule has 3 atom stereocenters. The van der Waals surface area contributed by atoms with Gasteiger partial charge < -0.3 is 10.5 Å². The standard InChI is InChI=1S/C17H26N2O/c1-3-20-17-7-5-4-6-16(17)12(2)19-14-8-9-15(19)11-13(18)10-14/h4-7,12-15H,3,8-11,18H2,1-2H3. The summed E-state index contributed by atoms with van der Waals surface area (Å²) >= 11 is 0. The monoisotopic (exact) mass is 274 g/mol. The Morgan fingerprint density at radius 1 is 1.25 bits per heavy atom. The van der Waals surface area contributed by atoms with E-state index in [9.17, 15) is 0 Å². The minimum absolute atomic E-state index is 0.401. The maximum atomic E-state index is 6.18. The Morgan fingerprint density at radius 3 is 2.55 bits per heavy atom. The highest BCUT2D eigenvalue weighted by Crippen LogP contribution is 2.42. The largest absolute Gasteiger partial charge is 0.494 e. The van der Waals surface area contributed by atoms with Gasteiger partial charge in [-0.25, -0.2) is 0 Å². The third kappa shape index (κ3) is 2.45. The average Bonchev–Trinajstić information content (AvgIpc) is 2.71. The minimum atomic E-state index is 0.401. The topological polar surface area (TPSA) is 38.5 Å². The van der Waals surface area contributed by atoms with Gasteiger partial charge in [0.05, 0.1) is 6.61 Å². The van der Waals surface area contributed by atoms with Crippen LogP contribution in [0.5, 0.6) is 5.75 Å². The molecule has 0 aliphatic carbocycles. The van der Waals surface area contributed by atoms with Gasteiger partial charge in [-0.1, -0.05) is 18.2 Å². The number of rotatable bonds is 4. The fraction of sp³-hybridized carbons (Fsp3) is 0.647. The summed E-state index contributed by atoms with van der Waals surface area (Å²) in [6.07, 6.45) is 4.91. The zero-order valence-electron chi connectivity index (χ0n) is 12.6. The predicted octanol–water partition coefficient (Wildman–Crippen LogP) is 3.10. The highest BCUT2D eigenvalue weighted by Gasteiger charge is 2.42. The molecule has 0 saturated carbocycles. The van der Waals surface area contributed by atoms with Crippen molar-refractivity contribution in [3.8, 4) is 5.75 Å². The summed E-state index contributed by atoms with van der Waals surface area (Å²) < 4.78 is 5.81. The van der Waals surface area contributed by atoms with Crippen LogP contribution in [0.25, 0.3) is 0 Å². The van der Waals surface area contributed by atoms with E-state index >= 15 is 0 Å². The van der Waals surface area contributed by atoms with Gasteiger partial charge in [0, 0.05) is 29.7 Å². The van der Waals surface area contributed by atoms with Crippen LogP contribution >= 0.6 is 0 Å². The van der Waals surface area contributed by atoms with Gasteiger partial charge >= 0.3 is 0 Å². The number of para-hydroxylation sites is 1. The van der Waals surface area contributed by atoms with Crippen molar-refractivity contribution in [2.75, 3.05) is 6.61 Å². The van der Waals surface area contributed by atoms with Crippen LogP contribution in [0.15, 0.2) is 24.3 Å². The second kappa shape index (κ2) is 5.74. The quantitative estimate of drug-likeness (QED) is 0.917. The molecule has 3 unspecified atom stereocenters. The van der Waals surface area contributed by atoms with E-state index in [1.165, 1.54) is 18.4 Å². The van der Waals surface area contributed by atoms with Gasteiger partial charge in [0.15, 0.2) is 0 Å². The van der Waals surface area contributed by atoms with Crippen molar-refractivity contribution in [1.82, 2.24) is 4.90 Å². The summed E-state index contributed by atoms with van der Waals surface area (Å²) in [5, 5.41) is 0. The van der Waals surface area contributed by atoms with Gasteiger partial charge in [0.25, 0.3) is 0 Å². The molecule has 0 spiro atoms. The van der Waals surface area contributed by atoms with Crippen LogP contribution in [0.4, 0.5) is 0 Å². The van der Waals surface area contributed by atoms with E-state index in [0.717, 1.165) is 25.2 Å². The summed E-state index contributed by atoms with van der Waals surface area (Å²) in [4.78, 5) is 2.70. The van der Waals surface area contributed by atoms with Gasteiger partial charge in [-0.15, -0.1) is 0 Å². The summed E-state index contributed by atoms with van der Waals surface area (Å²) in [6.45, 7) is 5.09. The molecule has 20 heavy (non-hydrogen) atoms. The van der Waals surface area contributed by atoms with Crippen LogP contribution in [0.3, 0.4) is 0 Å². The molecule has 0 radical (unpaired) electrons. The first kappa shape index (κ1) is 13.9. The van der Waals surface area contributed by atoms with Crippen molar-refractivity contribution >= 4 is 0 Å². The van der Waals surface area contributed by atoms with Gasteiger partial charge in [-0.05, 0) is 45.6 Å². The van der Waals surface area contributed by atoms with E-state index in [1.54, 1.807) is 0 Å².